The van der Waals surface area contributed by atoms with Gasteiger partial charge in [0.2, 0.25) is 5.91 Å². The zero-order chi connectivity index (χ0) is 15.3. The second kappa shape index (κ2) is 7.03. The SMILES string of the molecule is CC(Cc1cccc(F)c1)(NC1CCCCCC1)C(N)=O. The average molecular weight is 292 g/mol. The van der Waals surface area contributed by atoms with Crippen molar-refractivity contribution < 1.29 is 9.18 Å². The molecule has 1 amide bonds. The quantitative estimate of drug-likeness (QED) is 0.820. The molecule has 0 bridgehead atoms. The number of nitrogens with one attached hydrogen (secondary N) is 1. The minimum atomic E-state index is -0.831. The van der Waals surface area contributed by atoms with Crippen LogP contribution < -0.4 is 11.1 Å². The molecule has 1 atom stereocenters. The van der Waals surface area contributed by atoms with Gasteiger partial charge in [-0.05, 0) is 43.9 Å². The van der Waals surface area contributed by atoms with Crippen LogP contribution in [0.15, 0.2) is 24.3 Å². The molecular weight excluding hydrogens is 267 g/mol. The number of carbonyl (C=O) groups is 1. The highest BCUT2D eigenvalue weighted by atomic mass is 19.1. The van der Waals surface area contributed by atoms with E-state index in [1.54, 1.807) is 6.07 Å². The predicted octanol–water partition coefficient (Wildman–Crippen LogP) is 2.92. The molecule has 3 nitrogen and oxygen atoms in total. The number of carbonyl (C=O) groups excluding carboxylic acids is 1. The van der Waals surface area contributed by atoms with Crippen LogP contribution in [0, 0.1) is 5.82 Å². The molecule has 2 rings (SSSR count). The maximum absolute atomic E-state index is 13.3. The second-order valence-corrected chi connectivity index (χ2v) is 6.34. The molecule has 0 aromatic heterocycles. The van der Waals surface area contributed by atoms with E-state index < -0.39 is 5.54 Å². The van der Waals surface area contributed by atoms with E-state index in [1.165, 1.54) is 37.8 Å². The normalized spacial score (nSPS) is 19.7. The van der Waals surface area contributed by atoms with Crippen LogP contribution in [0.5, 0.6) is 0 Å². The number of rotatable bonds is 5. The molecule has 1 aromatic carbocycles. The molecule has 116 valence electrons. The number of halogens is 1. The number of hydrogen-bond acceptors (Lipinski definition) is 2. The first kappa shape index (κ1) is 16.0. The fourth-order valence-electron chi connectivity index (χ4n) is 3.14. The Morgan fingerprint density at radius 1 is 1.33 bits per heavy atom. The van der Waals surface area contributed by atoms with Gasteiger partial charge in [0.15, 0.2) is 0 Å². The lowest BCUT2D eigenvalue weighted by atomic mass is 9.90. The Bertz CT molecular complexity index is 483. The molecular formula is C17H25FN2O. The van der Waals surface area contributed by atoms with Crippen molar-refractivity contribution in [3.63, 3.8) is 0 Å². The van der Waals surface area contributed by atoms with Crippen LogP contribution >= 0.6 is 0 Å². The molecule has 1 fully saturated rings. The largest absolute Gasteiger partial charge is 0.368 e. The van der Waals surface area contributed by atoms with Crippen molar-refractivity contribution in [2.24, 2.45) is 5.73 Å². The van der Waals surface area contributed by atoms with Crippen molar-refractivity contribution in [2.75, 3.05) is 0 Å². The molecule has 0 radical (unpaired) electrons. The molecule has 1 aromatic rings. The van der Waals surface area contributed by atoms with Crippen molar-refractivity contribution in [1.29, 1.82) is 0 Å². The summed E-state index contributed by atoms with van der Waals surface area (Å²) in [5.74, 6) is -0.662. The standard InChI is InChI=1S/C17H25FN2O/c1-17(16(19)21,12-13-7-6-8-14(18)11-13)20-15-9-4-2-3-5-10-15/h6-8,11,15,20H,2-5,9-10,12H2,1H3,(H2,19,21). The van der Waals surface area contributed by atoms with Gasteiger partial charge < -0.3 is 11.1 Å². The first-order chi connectivity index (χ1) is 9.99. The van der Waals surface area contributed by atoms with Crippen LogP contribution in [0.3, 0.4) is 0 Å². The number of amides is 1. The van der Waals surface area contributed by atoms with Crippen LogP contribution in [-0.4, -0.2) is 17.5 Å². The molecule has 0 heterocycles. The minimum absolute atomic E-state index is 0.284. The summed E-state index contributed by atoms with van der Waals surface area (Å²) in [6.07, 6.45) is 7.46. The summed E-state index contributed by atoms with van der Waals surface area (Å²) < 4.78 is 13.3. The van der Waals surface area contributed by atoms with Crippen molar-refractivity contribution >= 4 is 5.91 Å². The predicted molar refractivity (Wildman–Crippen MR) is 82.3 cm³/mol. The molecule has 1 saturated carbocycles. The van der Waals surface area contributed by atoms with Crippen molar-refractivity contribution in [3.8, 4) is 0 Å². The van der Waals surface area contributed by atoms with E-state index >= 15 is 0 Å². The molecule has 21 heavy (non-hydrogen) atoms. The Labute approximate surface area is 126 Å². The molecule has 1 unspecified atom stereocenters. The summed E-state index contributed by atoms with van der Waals surface area (Å²) in [7, 11) is 0. The van der Waals surface area contributed by atoms with Gasteiger partial charge in [0.1, 0.15) is 5.82 Å². The monoisotopic (exact) mass is 292 g/mol. The lowest BCUT2D eigenvalue weighted by molar-refractivity contribution is -0.124. The fraction of sp³-hybridized carbons (Fsp3) is 0.588. The highest BCUT2D eigenvalue weighted by Crippen LogP contribution is 2.22. The van der Waals surface area contributed by atoms with E-state index in [9.17, 15) is 9.18 Å². The maximum atomic E-state index is 13.3. The van der Waals surface area contributed by atoms with Crippen LogP contribution in [0.4, 0.5) is 4.39 Å². The first-order valence-corrected chi connectivity index (χ1v) is 7.82. The second-order valence-electron chi connectivity index (χ2n) is 6.34. The van der Waals surface area contributed by atoms with Crippen LogP contribution in [0.25, 0.3) is 0 Å². The van der Waals surface area contributed by atoms with E-state index in [2.05, 4.69) is 5.32 Å². The fourth-order valence-corrected chi connectivity index (χ4v) is 3.14. The van der Waals surface area contributed by atoms with Gasteiger partial charge >= 0.3 is 0 Å². The van der Waals surface area contributed by atoms with Crippen molar-refractivity contribution in [2.45, 2.75) is 63.5 Å². The summed E-state index contributed by atoms with van der Waals surface area (Å²) in [6.45, 7) is 1.82. The zero-order valence-electron chi connectivity index (χ0n) is 12.7. The van der Waals surface area contributed by atoms with Crippen LogP contribution in [0.2, 0.25) is 0 Å². The summed E-state index contributed by atoms with van der Waals surface area (Å²) in [4.78, 5) is 11.9. The third-order valence-electron chi connectivity index (χ3n) is 4.37. The molecule has 0 spiro atoms. The van der Waals surface area contributed by atoms with Gasteiger partial charge in [0, 0.05) is 6.04 Å². The number of hydrogen-bond donors (Lipinski definition) is 2. The number of benzene rings is 1. The Hall–Kier alpha value is -1.42. The summed E-state index contributed by atoms with van der Waals surface area (Å²) in [5.41, 5.74) is 5.58. The highest BCUT2D eigenvalue weighted by molar-refractivity contribution is 5.84. The van der Waals surface area contributed by atoms with Gasteiger partial charge in [-0.25, -0.2) is 4.39 Å². The van der Waals surface area contributed by atoms with Gasteiger partial charge in [-0.1, -0.05) is 37.8 Å². The lowest BCUT2D eigenvalue weighted by Gasteiger charge is -2.32. The summed E-state index contributed by atoms with van der Waals surface area (Å²) in [5, 5.41) is 3.44. The van der Waals surface area contributed by atoms with E-state index in [1.807, 2.05) is 13.0 Å². The van der Waals surface area contributed by atoms with E-state index in [-0.39, 0.29) is 11.7 Å². The number of nitrogens with two attached hydrogens (primary N) is 1. The molecule has 3 N–H and O–H groups in total. The molecule has 4 heteroatoms. The highest BCUT2D eigenvalue weighted by Gasteiger charge is 2.33. The third kappa shape index (κ3) is 4.53. The lowest BCUT2D eigenvalue weighted by Crippen LogP contribution is -2.58. The molecule has 1 aliphatic rings. The van der Waals surface area contributed by atoms with Gasteiger partial charge in [0.05, 0.1) is 5.54 Å². The molecule has 1 aliphatic carbocycles. The van der Waals surface area contributed by atoms with Crippen LogP contribution in [0.1, 0.15) is 51.0 Å². The smallest absolute Gasteiger partial charge is 0.237 e. The van der Waals surface area contributed by atoms with Gasteiger partial charge in [-0.3, -0.25) is 4.79 Å². The van der Waals surface area contributed by atoms with E-state index in [4.69, 9.17) is 5.73 Å². The van der Waals surface area contributed by atoms with Gasteiger partial charge in [-0.2, -0.15) is 0 Å². The van der Waals surface area contributed by atoms with Gasteiger partial charge in [0.25, 0.3) is 0 Å². The molecule has 0 saturated heterocycles. The van der Waals surface area contributed by atoms with E-state index in [0.29, 0.717) is 12.5 Å². The zero-order valence-corrected chi connectivity index (χ0v) is 12.7. The Kier molecular flexibility index (Phi) is 5.34. The van der Waals surface area contributed by atoms with Crippen LogP contribution in [-0.2, 0) is 11.2 Å². The summed E-state index contributed by atoms with van der Waals surface area (Å²) in [6, 6.07) is 6.69. The Morgan fingerprint density at radius 3 is 2.57 bits per heavy atom. The van der Waals surface area contributed by atoms with Crippen molar-refractivity contribution in [3.05, 3.63) is 35.6 Å². The Balaban J connectivity index is 2.09. The Morgan fingerprint density at radius 2 is 2.00 bits per heavy atom. The number of primary amides is 1. The average Bonchev–Trinajstić information content (AvgIpc) is 2.67. The third-order valence-corrected chi connectivity index (χ3v) is 4.37. The minimum Gasteiger partial charge on any atom is -0.368 e. The topological polar surface area (TPSA) is 55.1 Å². The van der Waals surface area contributed by atoms with E-state index in [0.717, 1.165) is 18.4 Å². The first-order valence-electron chi connectivity index (χ1n) is 7.82. The molecule has 0 aliphatic heterocycles. The van der Waals surface area contributed by atoms with Crippen molar-refractivity contribution in [1.82, 2.24) is 5.32 Å². The summed E-state index contributed by atoms with van der Waals surface area (Å²) >= 11 is 0. The van der Waals surface area contributed by atoms with Gasteiger partial charge in [-0.15, -0.1) is 0 Å². The maximum Gasteiger partial charge on any atom is 0.237 e.